The van der Waals surface area contributed by atoms with Crippen molar-refractivity contribution in [3.05, 3.63) is 65.2 Å². The number of oxime groups is 1. The zero-order chi connectivity index (χ0) is 16.5. The summed E-state index contributed by atoms with van der Waals surface area (Å²) < 4.78 is 5.50. The Morgan fingerprint density at radius 2 is 1.96 bits per heavy atom. The minimum Gasteiger partial charge on any atom is -0.490 e. The molecule has 0 bridgehead atoms. The first kappa shape index (κ1) is 16.5. The predicted octanol–water partition coefficient (Wildman–Crippen LogP) is 3.05. The van der Waals surface area contributed by atoms with Crippen LogP contribution in [0.4, 0.5) is 0 Å². The maximum Gasteiger partial charge on any atom is 0.307 e. The summed E-state index contributed by atoms with van der Waals surface area (Å²) in [5.74, 6) is -0.245. The molecule has 0 radical (unpaired) electrons. The number of benzene rings is 2. The average Bonchev–Trinajstić information content (AvgIpc) is 2.52. The van der Waals surface area contributed by atoms with E-state index in [-0.39, 0.29) is 6.42 Å². The zero-order valence-electron chi connectivity index (χ0n) is 12.9. The largest absolute Gasteiger partial charge is 0.490 e. The number of aliphatic carboxylic acids is 1. The summed E-state index contributed by atoms with van der Waals surface area (Å²) in [5, 5.41) is 12.6. The van der Waals surface area contributed by atoms with E-state index >= 15 is 0 Å². The van der Waals surface area contributed by atoms with Crippen molar-refractivity contribution in [1.82, 2.24) is 0 Å². The fourth-order valence-electron chi connectivity index (χ4n) is 1.92. The van der Waals surface area contributed by atoms with Crippen LogP contribution in [0.2, 0.25) is 0 Å². The van der Waals surface area contributed by atoms with E-state index in [1.54, 1.807) is 30.5 Å². The van der Waals surface area contributed by atoms with Crippen LogP contribution in [0.5, 0.6) is 5.75 Å². The number of nitrogens with zero attached hydrogens (tertiary/aromatic N) is 1. The molecule has 0 saturated heterocycles. The van der Waals surface area contributed by atoms with Gasteiger partial charge < -0.3 is 14.7 Å². The molecule has 2 rings (SSSR count). The predicted molar refractivity (Wildman–Crippen MR) is 88.0 cm³/mol. The van der Waals surface area contributed by atoms with Crippen LogP contribution in [-0.4, -0.2) is 30.5 Å². The highest BCUT2D eigenvalue weighted by Gasteiger charge is 2.02. The lowest BCUT2D eigenvalue weighted by atomic mass is 10.1. The molecule has 0 fully saturated rings. The third-order valence-corrected chi connectivity index (χ3v) is 3.05. The normalized spacial score (nSPS) is 10.7. The van der Waals surface area contributed by atoms with Crippen LogP contribution in [-0.2, 0) is 16.1 Å². The van der Waals surface area contributed by atoms with Crippen LogP contribution in [0.3, 0.4) is 0 Å². The van der Waals surface area contributed by atoms with Crippen molar-refractivity contribution in [2.24, 2.45) is 5.16 Å². The lowest BCUT2D eigenvalue weighted by molar-refractivity contribution is -0.136. The minimum absolute atomic E-state index is 0.0193. The Balaban J connectivity index is 1.71. The molecule has 0 unspecified atom stereocenters. The van der Waals surface area contributed by atoms with E-state index in [2.05, 4.69) is 5.16 Å². The molecular weight excluding hydrogens is 294 g/mol. The molecule has 0 heterocycles. The second-order valence-corrected chi connectivity index (χ2v) is 5.04. The monoisotopic (exact) mass is 313 g/mol. The van der Waals surface area contributed by atoms with E-state index in [0.29, 0.717) is 24.5 Å². The lowest BCUT2D eigenvalue weighted by Crippen LogP contribution is -2.05. The molecule has 0 atom stereocenters. The SMILES string of the molecule is Cc1ccc(/C=N/OCCOc2cccc(CC(=O)O)c2)cc1. The molecule has 120 valence electrons. The van der Waals surface area contributed by atoms with E-state index in [1.165, 1.54) is 5.56 Å². The van der Waals surface area contributed by atoms with Crippen LogP contribution in [0.1, 0.15) is 16.7 Å². The average molecular weight is 313 g/mol. The van der Waals surface area contributed by atoms with Crippen molar-refractivity contribution >= 4 is 12.2 Å². The summed E-state index contributed by atoms with van der Waals surface area (Å²) in [7, 11) is 0. The molecule has 0 aromatic heterocycles. The van der Waals surface area contributed by atoms with Gasteiger partial charge in [-0.05, 0) is 30.2 Å². The first-order chi connectivity index (χ1) is 11.1. The highest BCUT2D eigenvalue weighted by atomic mass is 16.6. The van der Waals surface area contributed by atoms with Crippen molar-refractivity contribution in [3.8, 4) is 5.75 Å². The van der Waals surface area contributed by atoms with Gasteiger partial charge in [0.15, 0.2) is 6.61 Å². The number of aryl methyl sites for hydroxylation is 1. The molecule has 1 N–H and O–H groups in total. The van der Waals surface area contributed by atoms with E-state index in [1.807, 2.05) is 31.2 Å². The summed E-state index contributed by atoms with van der Waals surface area (Å²) in [6.45, 7) is 2.67. The molecule has 5 nitrogen and oxygen atoms in total. The Morgan fingerprint density at radius 3 is 2.70 bits per heavy atom. The van der Waals surface area contributed by atoms with Crippen molar-refractivity contribution in [3.63, 3.8) is 0 Å². The fourth-order valence-corrected chi connectivity index (χ4v) is 1.92. The Hall–Kier alpha value is -2.82. The lowest BCUT2D eigenvalue weighted by Gasteiger charge is -2.06. The summed E-state index contributed by atoms with van der Waals surface area (Å²) in [5.41, 5.74) is 2.87. The van der Waals surface area contributed by atoms with Gasteiger partial charge in [0.2, 0.25) is 0 Å². The van der Waals surface area contributed by atoms with Gasteiger partial charge in [-0.2, -0.15) is 0 Å². The first-order valence-electron chi connectivity index (χ1n) is 7.29. The molecule has 2 aromatic rings. The summed E-state index contributed by atoms with van der Waals surface area (Å²) >= 11 is 0. The van der Waals surface area contributed by atoms with E-state index in [0.717, 1.165) is 5.56 Å². The Morgan fingerprint density at radius 1 is 1.17 bits per heavy atom. The van der Waals surface area contributed by atoms with Gasteiger partial charge in [0.1, 0.15) is 12.4 Å². The highest BCUT2D eigenvalue weighted by Crippen LogP contribution is 2.13. The van der Waals surface area contributed by atoms with Gasteiger partial charge in [-0.15, -0.1) is 0 Å². The zero-order valence-corrected chi connectivity index (χ0v) is 12.9. The molecule has 0 aliphatic rings. The number of carbonyl (C=O) groups is 1. The molecule has 0 saturated carbocycles. The molecule has 23 heavy (non-hydrogen) atoms. The minimum atomic E-state index is -0.865. The Bertz CT molecular complexity index is 665. The fraction of sp³-hybridized carbons (Fsp3) is 0.222. The number of ether oxygens (including phenoxy) is 1. The van der Waals surface area contributed by atoms with E-state index < -0.39 is 5.97 Å². The van der Waals surface area contributed by atoms with Crippen LogP contribution in [0, 0.1) is 6.92 Å². The Labute approximate surface area is 135 Å². The van der Waals surface area contributed by atoms with E-state index in [4.69, 9.17) is 14.7 Å². The second kappa shape index (κ2) is 8.58. The van der Waals surface area contributed by atoms with Gasteiger partial charge in [0, 0.05) is 0 Å². The second-order valence-electron chi connectivity index (χ2n) is 5.04. The quantitative estimate of drug-likeness (QED) is 0.462. The summed E-state index contributed by atoms with van der Waals surface area (Å²) in [6, 6.07) is 15.0. The summed E-state index contributed by atoms with van der Waals surface area (Å²) in [6.07, 6.45) is 1.63. The first-order valence-corrected chi connectivity index (χ1v) is 7.29. The third kappa shape index (κ3) is 6.22. The van der Waals surface area contributed by atoms with Gasteiger partial charge >= 0.3 is 5.97 Å². The highest BCUT2D eigenvalue weighted by molar-refractivity contribution is 5.79. The topological polar surface area (TPSA) is 68.1 Å². The number of hydrogen-bond donors (Lipinski definition) is 1. The van der Waals surface area contributed by atoms with Gasteiger partial charge in [-0.25, -0.2) is 0 Å². The van der Waals surface area contributed by atoms with Crippen molar-refractivity contribution < 1.29 is 19.5 Å². The maximum atomic E-state index is 10.7. The molecule has 0 aliphatic carbocycles. The van der Waals surface area contributed by atoms with Gasteiger partial charge in [0.25, 0.3) is 0 Å². The van der Waals surface area contributed by atoms with E-state index in [9.17, 15) is 4.79 Å². The standard InChI is InChI=1S/C18H19NO4/c1-14-5-7-15(8-6-14)13-19-23-10-9-22-17-4-2-3-16(11-17)12-18(20)21/h2-8,11,13H,9-10,12H2,1H3,(H,20,21)/b19-13+. The molecular formula is C18H19NO4. The molecule has 5 heteroatoms. The van der Waals surface area contributed by atoms with Crippen LogP contribution in [0.25, 0.3) is 0 Å². The van der Waals surface area contributed by atoms with Crippen LogP contribution in [0.15, 0.2) is 53.7 Å². The van der Waals surface area contributed by atoms with Crippen molar-refractivity contribution in [1.29, 1.82) is 0 Å². The van der Waals surface area contributed by atoms with Crippen molar-refractivity contribution in [2.45, 2.75) is 13.3 Å². The molecule has 2 aromatic carbocycles. The molecule has 0 amide bonds. The van der Waals surface area contributed by atoms with Gasteiger partial charge in [-0.1, -0.05) is 47.1 Å². The number of carboxylic acids is 1. The van der Waals surface area contributed by atoms with Gasteiger partial charge in [0.05, 0.1) is 12.6 Å². The molecule has 0 spiro atoms. The number of hydrogen-bond acceptors (Lipinski definition) is 4. The number of rotatable bonds is 8. The van der Waals surface area contributed by atoms with Crippen LogP contribution < -0.4 is 4.74 Å². The molecule has 0 aliphatic heterocycles. The van der Waals surface area contributed by atoms with Gasteiger partial charge in [-0.3, -0.25) is 4.79 Å². The third-order valence-electron chi connectivity index (χ3n) is 3.05. The maximum absolute atomic E-state index is 10.7. The number of carboxylic acid groups (broad SMARTS) is 1. The Kier molecular flexibility index (Phi) is 6.17. The van der Waals surface area contributed by atoms with Crippen LogP contribution >= 0.6 is 0 Å². The summed E-state index contributed by atoms with van der Waals surface area (Å²) in [4.78, 5) is 15.8. The smallest absolute Gasteiger partial charge is 0.307 e. The van der Waals surface area contributed by atoms with Crippen molar-refractivity contribution in [2.75, 3.05) is 13.2 Å².